The van der Waals surface area contributed by atoms with E-state index in [4.69, 9.17) is 4.98 Å². The van der Waals surface area contributed by atoms with Gasteiger partial charge in [0.2, 0.25) is 0 Å². The minimum absolute atomic E-state index is 0.797. The van der Waals surface area contributed by atoms with Crippen LogP contribution in [0.15, 0.2) is 36.4 Å². The zero-order chi connectivity index (χ0) is 13.2. The van der Waals surface area contributed by atoms with E-state index in [0.29, 0.717) is 0 Å². The van der Waals surface area contributed by atoms with Crippen LogP contribution in [0.3, 0.4) is 0 Å². The molecule has 1 saturated carbocycles. The summed E-state index contributed by atoms with van der Waals surface area (Å²) in [5, 5.41) is 0. The molecule has 0 radical (unpaired) electrons. The monoisotopic (exact) mass is 251 g/mol. The van der Waals surface area contributed by atoms with Gasteiger partial charge in [-0.2, -0.15) is 0 Å². The highest BCUT2D eigenvalue weighted by Gasteiger charge is 2.25. The van der Waals surface area contributed by atoms with Crippen LogP contribution in [0.25, 0.3) is 0 Å². The van der Waals surface area contributed by atoms with Gasteiger partial charge in [-0.3, -0.25) is 4.98 Å². The maximum Gasteiger partial charge on any atom is 0.0450 e. The van der Waals surface area contributed by atoms with Crippen molar-refractivity contribution in [2.45, 2.75) is 45.4 Å². The number of aryl methyl sites for hydroxylation is 2. The molecule has 0 spiro atoms. The van der Waals surface area contributed by atoms with Crippen LogP contribution in [0.4, 0.5) is 0 Å². The molecule has 98 valence electrons. The normalized spacial score (nSPS) is 14.6. The molecule has 0 saturated heterocycles. The Labute approximate surface area is 115 Å². The Balaban J connectivity index is 1.76. The molecule has 1 aromatic heterocycles. The number of pyridine rings is 1. The third-order valence-corrected chi connectivity index (χ3v) is 4.02. The highest BCUT2D eigenvalue weighted by Crippen LogP contribution is 2.41. The van der Waals surface area contributed by atoms with Gasteiger partial charge in [0.25, 0.3) is 0 Å². The molecule has 1 heterocycles. The van der Waals surface area contributed by atoms with E-state index < -0.39 is 0 Å². The van der Waals surface area contributed by atoms with Gasteiger partial charge in [-0.25, -0.2) is 0 Å². The van der Waals surface area contributed by atoms with Gasteiger partial charge in [-0.1, -0.05) is 37.3 Å². The molecule has 0 aliphatic heterocycles. The Bertz CT molecular complexity index is 565. The molecule has 1 aliphatic carbocycles. The molecular weight excluding hydrogens is 230 g/mol. The van der Waals surface area contributed by atoms with Crippen molar-refractivity contribution in [3.8, 4) is 0 Å². The van der Waals surface area contributed by atoms with Gasteiger partial charge in [-0.15, -0.1) is 0 Å². The number of nitrogens with zero attached hydrogens (tertiary/aromatic N) is 1. The molecule has 3 rings (SSSR count). The SMILES string of the molecule is CCc1ccc(Cc2ccc(C3CC3)c(C)n2)cc1. The molecule has 0 amide bonds. The first-order valence-corrected chi connectivity index (χ1v) is 7.30. The van der Waals surface area contributed by atoms with E-state index in [1.54, 1.807) is 0 Å². The fourth-order valence-corrected chi connectivity index (χ4v) is 2.65. The first-order chi connectivity index (χ1) is 9.26. The lowest BCUT2D eigenvalue weighted by molar-refractivity contribution is 0.977. The van der Waals surface area contributed by atoms with Crippen LogP contribution in [0.1, 0.15) is 53.8 Å². The van der Waals surface area contributed by atoms with Gasteiger partial charge in [-0.05, 0) is 54.9 Å². The maximum atomic E-state index is 4.77. The van der Waals surface area contributed by atoms with Gasteiger partial charge in [0.05, 0.1) is 0 Å². The zero-order valence-corrected chi connectivity index (χ0v) is 11.8. The Morgan fingerprint density at radius 1 is 1.00 bits per heavy atom. The standard InChI is InChI=1S/C18H21N/c1-3-14-4-6-15(7-5-14)12-17-10-11-18(13(2)19-17)16-8-9-16/h4-7,10-11,16H,3,8-9,12H2,1-2H3. The zero-order valence-electron chi connectivity index (χ0n) is 11.8. The van der Waals surface area contributed by atoms with Crippen molar-refractivity contribution < 1.29 is 0 Å². The van der Waals surface area contributed by atoms with E-state index in [9.17, 15) is 0 Å². The van der Waals surface area contributed by atoms with E-state index in [-0.39, 0.29) is 0 Å². The van der Waals surface area contributed by atoms with Crippen molar-refractivity contribution in [1.82, 2.24) is 4.98 Å². The Kier molecular flexibility index (Phi) is 3.37. The Morgan fingerprint density at radius 2 is 1.68 bits per heavy atom. The summed E-state index contributed by atoms with van der Waals surface area (Å²) in [6, 6.07) is 13.4. The first-order valence-electron chi connectivity index (χ1n) is 7.30. The maximum absolute atomic E-state index is 4.77. The van der Waals surface area contributed by atoms with Gasteiger partial charge in [0, 0.05) is 17.8 Å². The predicted molar refractivity (Wildman–Crippen MR) is 79.6 cm³/mol. The quantitative estimate of drug-likeness (QED) is 0.783. The van der Waals surface area contributed by atoms with Gasteiger partial charge in [0.1, 0.15) is 0 Å². The molecule has 1 aliphatic rings. The largest absolute Gasteiger partial charge is 0.258 e. The smallest absolute Gasteiger partial charge is 0.0450 e. The summed E-state index contributed by atoms with van der Waals surface area (Å²) in [6.45, 7) is 4.34. The van der Waals surface area contributed by atoms with Crippen LogP contribution in [-0.2, 0) is 12.8 Å². The summed E-state index contributed by atoms with van der Waals surface area (Å²) in [6.07, 6.45) is 4.74. The fraction of sp³-hybridized carbons (Fsp3) is 0.389. The molecule has 1 fully saturated rings. The molecule has 0 atom stereocenters. The summed E-state index contributed by atoms with van der Waals surface area (Å²) < 4.78 is 0. The highest BCUT2D eigenvalue weighted by molar-refractivity contribution is 5.32. The van der Waals surface area contributed by atoms with Gasteiger partial charge in [0.15, 0.2) is 0 Å². The average molecular weight is 251 g/mol. The van der Waals surface area contributed by atoms with Crippen LogP contribution in [0, 0.1) is 6.92 Å². The Morgan fingerprint density at radius 3 is 2.26 bits per heavy atom. The lowest BCUT2D eigenvalue weighted by Crippen LogP contribution is -1.97. The summed E-state index contributed by atoms with van der Waals surface area (Å²) in [5.74, 6) is 0.797. The van der Waals surface area contributed by atoms with Crippen molar-refractivity contribution >= 4 is 0 Å². The number of aromatic nitrogens is 1. The third kappa shape index (κ3) is 2.86. The molecule has 0 unspecified atom stereocenters. The highest BCUT2D eigenvalue weighted by atomic mass is 14.7. The van der Waals surface area contributed by atoms with Crippen molar-refractivity contribution in [2.24, 2.45) is 0 Å². The second kappa shape index (κ2) is 5.16. The Hall–Kier alpha value is -1.63. The van der Waals surface area contributed by atoms with Crippen molar-refractivity contribution in [1.29, 1.82) is 0 Å². The van der Waals surface area contributed by atoms with E-state index >= 15 is 0 Å². The lowest BCUT2D eigenvalue weighted by atomic mass is 10.0. The van der Waals surface area contributed by atoms with Crippen molar-refractivity contribution in [3.63, 3.8) is 0 Å². The average Bonchev–Trinajstić information content (AvgIpc) is 3.24. The summed E-state index contributed by atoms with van der Waals surface area (Å²) in [5.41, 5.74) is 6.63. The van der Waals surface area contributed by atoms with Crippen LogP contribution in [0.5, 0.6) is 0 Å². The minimum Gasteiger partial charge on any atom is -0.258 e. The number of rotatable bonds is 4. The number of benzene rings is 1. The van der Waals surface area contributed by atoms with Crippen molar-refractivity contribution in [2.75, 3.05) is 0 Å². The number of hydrogen-bond donors (Lipinski definition) is 0. The summed E-state index contributed by atoms with van der Waals surface area (Å²) in [4.78, 5) is 4.77. The second-order valence-electron chi connectivity index (χ2n) is 5.60. The van der Waals surface area contributed by atoms with Gasteiger partial charge >= 0.3 is 0 Å². The molecular formula is C18H21N. The summed E-state index contributed by atoms with van der Waals surface area (Å²) in [7, 11) is 0. The van der Waals surface area contributed by atoms with E-state index in [1.165, 1.54) is 40.9 Å². The number of hydrogen-bond acceptors (Lipinski definition) is 1. The molecule has 1 heteroatoms. The van der Waals surface area contributed by atoms with E-state index in [2.05, 4.69) is 50.2 Å². The molecule has 2 aromatic rings. The molecule has 0 N–H and O–H groups in total. The van der Waals surface area contributed by atoms with E-state index in [1.807, 2.05) is 0 Å². The topological polar surface area (TPSA) is 12.9 Å². The van der Waals surface area contributed by atoms with Crippen LogP contribution in [-0.4, -0.2) is 4.98 Å². The third-order valence-electron chi connectivity index (χ3n) is 4.02. The summed E-state index contributed by atoms with van der Waals surface area (Å²) >= 11 is 0. The minimum atomic E-state index is 0.797. The molecule has 1 nitrogen and oxygen atoms in total. The molecule has 0 bridgehead atoms. The molecule has 1 aromatic carbocycles. The van der Waals surface area contributed by atoms with E-state index in [0.717, 1.165) is 18.8 Å². The lowest BCUT2D eigenvalue weighted by Gasteiger charge is -2.07. The van der Waals surface area contributed by atoms with Gasteiger partial charge < -0.3 is 0 Å². The van der Waals surface area contributed by atoms with Crippen LogP contribution >= 0.6 is 0 Å². The first kappa shape index (κ1) is 12.4. The molecule has 19 heavy (non-hydrogen) atoms. The fourth-order valence-electron chi connectivity index (χ4n) is 2.65. The van der Waals surface area contributed by atoms with Crippen LogP contribution in [0.2, 0.25) is 0 Å². The van der Waals surface area contributed by atoms with Crippen LogP contribution < -0.4 is 0 Å². The predicted octanol–water partition coefficient (Wildman–Crippen LogP) is 4.42. The van der Waals surface area contributed by atoms with Crippen molar-refractivity contribution in [3.05, 3.63) is 64.5 Å². The second-order valence-corrected chi connectivity index (χ2v) is 5.60.